The number of nitrogens with one attached hydrogen (secondary N) is 1. The van der Waals surface area contributed by atoms with E-state index in [2.05, 4.69) is 33.3 Å². The summed E-state index contributed by atoms with van der Waals surface area (Å²) in [6.07, 6.45) is 4.32. The first-order chi connectivity index (χ1) is 16.1. The van der Waals surface area contributed by atoms with Crippen molar-refractivity contribution in [3.05, 3.63) is 106 Å². The van der Waals surface area contributed by atoms with Crippen molar-refractivity contribution in [3.8, 4) is 11.5 Å². The number of nitrogens with zero attached hydrogens (tertiary/aromatic N) is 2. The summed E-state index contributed by atoms with van der Waals surface area (Å²) >= 11 is 3.47. The summed E-state index contributed by atoms with van der Waals surface area (Å²) in [6.45, 7) is 2.73. The molecule has 0 spiro atoms. The molecule has 0 unspecified atom stereocenters. The normalized spacial score (nSPS) is 10.6. The monoisotopic (exact) mass is 505 g/mol. The Bertz CT molecular complexity index is 1220. The minimum absolute atomic E-state index is 0.214. The van der Waals surface area contributed by atoms with Crippen LogP contribution < -0.4 is 14.8 Å². The molecule has 1 heterocycles. The van der Waals surface area contributed by atoms with Gasteiger partial charge in [-0.15, -0.1) is 0 Å². The Morgan fingerprint density at radius 3 is 2.61 bits per heavy atom. The average Bonchev–Trinajstić information content (AvgIpc) is 3.30. The van der Waals surface area contributed by atoms with E-state index in [-0.39, 0.29) is 12.6 Å². The molecule has 0 radical (unpaired) electrons. The van der Waals surface area contributed by atoms with E-state index < -0.39 is 0 Å². The molecule has 168 valence electrons. The maximum absolute atomic E-state index is 12.7. The first-order valence-corrected chi connectivity index (χ1v) is 11.4. The lowest BCUT2D eigenvalue weighted by molar-refractivity contribution is 0.102. The van der Waals surface area contributed by atoms with Crippen molar-refractivity contribution in [2.75, 3.05) is 5.32 Å². The summed E-state index contributed by atoms with van der Waals surface area (Å²) in [7, 11) is 0. The zero-order valence-corrected chi connectivity index (χ0v) is 19.8. The molecular formula is C26H24BrN3O3. The molecule has 0 saturated heterocycles. The molecule has 0 aliphatic carbocycles. The van der Waals surface area contributed by atoms with E-state index in [0.29, 0.717) is 17.9 Å². The molecule has 1 aromatic heterocycles. The lowest BCUT2D eigenvalue weighted by atomic mass is 10.1. The number of benzene rings is 3. The van der Waals surface area contributed by atoms with E-state index in [1.807, 2.05) is 66.7 Å². The number of hydrogen-bond donors (Lipinski definition) is 1. The van der Waals surface area contributed by atoms with Gasteiger partial charge in [0.25, 0.3) is 5.91 Å². The average molecular weight is 506 g/mol. The maximum atomic E-state index is 12.7. The number of halogens is 1. The predicted octanol–water partition coefficient (Wildman–Crippen LogP) is 6.08. The smallest absolute Gasteiger partial charge is 0.255 e. The van der Waals surface area contributed by atoms with Crippen molar-refractivity contribution < 1.29 is 14.3 Å². The Balaban J connectivity index is 1.32. The summed E-state index contributed by atoms with van der Waals surface area (Å²) in [5.41, 5.74) is 3.30. The molecule has 6 nitrogen and oxygen atoms in total. The van der Waals surface area contributed by atoms with Crippen molar-refractivity contribution >= 4 is 27.5 Å². The highest BCUT2D eigenvalue weighted by Crippen LogP contribution is 2.25. The van der Waals surface area contributed by atoms with E-state index in [4.69, 9.17) is 9.47 Å². The van der Waals surface area contributed by atoms with Crippen LogP contribution in [0.5, 0.6) is 11.5 Å². The first kappa shape index (κ1) is 22.6. The number of anilines is 1. The molecule has 0 bridgehead atoms. The lowest BCUT2D eigenvalue weighted by Gasteiger charge is -2.09. The molecule has 3 aromatic carbocycles. The molecule has 0 aliphatic rings. The zero-order valence-electron chi connectivity index (χ0n) is 18.2. The van der Waals surface area contributed by atoms with Gasteiger partial charge in [-0.05, 0) is 69.9 Å². The maximum Gasteiger partial charge on any atom is 0.255 e. The van der Waals surface area contributed by atoms with Crippen LogP contribution in [0.1, 0.15) is 28.4 Å². The number of aromatic nitrogens is 2. The van der Waals surface area contributed by atoms with Gasteiger partial charge in [0.15, 0.2) is 6.73 Å². The van der Waals surface area contributed by atoms with Crippen molar-refractivity contribution in [1.29, 1.82) is 0 Å². The fourth-order valence-corrected chi connectivity index (χ4v) is 3.59. The van der Waals surface area contributed by atoms with Crippen LogP contribution in [0.4, 0.5) is 5.69 Å². The van der Waals surface area contributed by atoms with Gasteiger partial charge in [0, 0.05) is 5.56 Å². The van der Waals surface area contributed by atoms with E-state index in [1.165, 1.54) is 5.56 Å². The van der Waals surface area contributed by atoms with Crippen LogP contribution in [0, 0.1) is 0 Å². The van der Waals surface area contributed by atoms with Crippen LogP contribution in [0.2, 0.25) is 0 Å². The zero-order chi connectivity index (χ0) is 23.0. The third-order valence-electron chi connectivity index (χ3n) is 5.01. The molecule has 4 aromatic rings. The van der Waals surface area contributed by atoms with Crippen molar-refractivity contribution in [2.45, 2.75) is 26.7 Å². The van der Waals surface area contributed by atoms with E-state index in [9.17, 15) is 4.79 Å². The van der Waals surface area contributed by atoms with Gasteiger partial charge in [-0.25, -0.2) is 4.68 Å². The number of rotatable bonds is 9. The first-order valence-electron chi connectivity index (χ1n) is 10.6. The summed E-state index contributed by atoms with van der Waals surface area (Å²) < 4.78 is 14.1. The minimum Gasteiger partial charge on any atom is -0.488 e. The molecule has 1 N–H and O–H groups in total. The number of carbonyl (C=O) groups excluding carboxylic acids is 1. The number of para-hydroxylation sites is 1. The van der Waals surface area contributed by atoms with E-state index in [0.717, 1.165) is 28.0 Å². The Kier molecular flexibility index (Phi) is 7.42. The molecule has 1 amide bonds. The van der Waals surface area contributed by atoms with Gasteiger partial charge in [0.05, 0.1) is 22.6 Å². The van der Waals surface area contributed by atoms with Gasteiger partial charge in [-0.2, -0.15) is 5.10 Å². The Hall–Kier alpha value is -3.58. The molecular weight excluding hydrogens is 482 g/mol. The number of amides is 1. The molecule has 0 fully saturated rings. The number of hydrogen-bond acceptors (Lipinski definition) is 4. The van der Waals surface area contributed by atoms with Crippen LogP contribution in [-0.2, 0) is 19.8 Å². The fraction of sp³-hybridized carbons (Fsp3) is 0.154. The van der Waals surface area contributed by atoms with Crippen molar-refractivity contribution in [2.24, 2.45) is 0 Å². The molecule has 0 saturated carbocycles. The van der Waals surface area contributed by atoms with Crippen LogP contribution >= 0.6 is 15.9 Å². The highest BCUT2D eigenvalue weighted by molar-refractivity contribution is 9.10. The third-order valence-corrected chi connectivity index (χ3v) is 5.66. The van der Waals surface area contributed by atoms with Gasteiger partial charge in [0.2, 0.25) is 0 Å². The summed E-state index contributed by atoms with van der Waals surface area (Å²) in [6, 6.07) is 23.0. The van der Waals surface area contributed by atoms with Gasteiger partial charge in [-0.1, -0.05) is 43.3 Å². The van der Waals surface area contributed by atoms with Crippen LogP contribution in [0.25, 0.3) is 0 Å². The SMILES string of the molecule is CCc1ccc(OCn2cc(NC(=O)c3cccc(COc4ccccc4Br)c3)cn2)cc1. The third kappa shape index (κ3) is 6.23. The highest BCUT2D eigenvalue weighted by atomic mass is 79.9. The number of aryl methyl sites for hydroxylation is 1. The van der Waals surface area contributed by atoms with Gasteiger partial charge in [0.1, 0.15) is 18.1 Å². The molecule has 0 atom stereocenters. The quantitative estimate of drug-likeness (QED) is 0.299. The molecule has 7 heteroatoms. The largest absolute Gasteiger partial charge is 0.488 e. The van der Waals surface area contributed by atoms with Crippen molar-refractivity contribution in [1.82, 2.24) is 9.78 Å². The number of ether oxygens (including phenoxy) is 2. The fourth-order valence-electron chi connectivity index (χ4n) is 3.19. The van der Waals surface area contributed by atoms with Crippen LogP contribution in [0.15, 0.2) is 89.7 Å². The standard InChI is InChI=1S/C26H24BrN3O3/c1-2-19-10-12-23(13-11-19)33-18-30-16-22(15-28-30)29-26(31)21-7-5-6-20(14-21)17-32-25-9-4-3-8-24(25)27/h3-16H,2,17-18H2,1H3,(H,29,31). The minimum atomic E-state index is -0.214. The predicted molar refractivity (Wildman–Crippen MR) is 132 cm³/mol. The van der Waals surface area contributed by atoms with Gasteiger partial charge < -0.3 is 14.8 Å². The Morgan fingerprint density at radius 2 is 1.82 bits per heavy atom. The molecule has 4 rings (SSSR count). The lowest BCUT2D eigenvalue weighted by Crippen LogP contribution is -2.12. The van der Waals surface area contributed by atoms with Gasteiger partial charge >= 0.3 is 0 Å². The second kappa shape index (κ2) is 10.8. The van der Waals surface area contributed by atoms with Crippen LogP contribution in [0.3, 0.4) is 0 Å². The van der Waals surface area contributed by atoms with E-state index >= 15 is 0 Å². The summed E-state index contributed by atoms with van der Waals surface area (Å²) in [4.78, 5) is 12.7. The summed E-state index contributed by atoms with van der Waals surface area (Å²) in [5, 5.41) is 7.13. The molecule has 33 heavy (non-hydrogen) atoms. The number of carbonyl (C=O) groups is 1. The van der Waals surface area contributed by atoms with Crippen molar-refractivity contribution in [3.63, 3.8) is 0 Å². The Labute approximate surface area is 201 Å². The van der Waals surface area contributed by atoms with E-state index in [1.54, 1.807) is 23.1 Å². The van der Waals surface area contributed by atoms with Crippen LogP contribution in [-0.4, -0.2) is 15.7 Å². The second-order valence-electron chi connectivity index (χ2n) is 7.41. The second-order valence-corrected chi connectivity index (χ2v) is 8.27. The highest BCUT2D eigenvalue weighted by Gasteiger charge is 2.09. The molecule has 0 aliphatic heterocycles. The topological polar surface area (TPSA) is 65.4 Å². The summed E-state index contributed by atoms with van der Waals surface area (Å²) in [5.74, 6) is 1.31. The van der Waals surface area contributed by atoms with Gasteiger partial charge in [-0.3, -0.25) is 4.79 Å². The Morgan fingerprint density at radius 1 is 1.00 bits per heavy atom.